The first-order valence-corrected chi connectivity index (χ1v) is 10.3. The summed E-state index contributed by atoms with van der Waals surface area (Å²) in [5, 5.41) is 0. The summed E-state index contributed by atoms with van der Waals surface area (Å²) in [7, 11) is 0. The fourth-order valence-corrected chi connectivity index (χ4v) is 4.01. The lowest BCUT2D eigenvalue weighted by molar-refractivity contribution is -0.143. The molecule has 2 aromatic carbocycles. The highest BCUT2D eigenvalue weighted by atomic mass is 32.1. The van der Waals surface area contributed by atoms with E-state index in [0.29, 0.717) is 22.7 Å². The summed E-state index contributed by atoms with van der Waals surface area (Å²) < 4.78 is 13.4. The van der Waals surface area contributed by atoms with Gasteiger partial charge in [0, 0.05) is 5.56 Å². The van der Waals surface area contributed by atoms with Crippen LogP contribution in [0.4, 0.5) is 0 Å². The molecule has 152 valence electrons. The van der Waals surface area contributed by atoms with E-state index in [1.807, 2.05) is 51.1 Å². The van der Waals surface area contributed by atoms with Crippen LogP contribution in [-0.4, -0.2) is 29.7 Å². The van der Waals surface area contributed by atoms with Gasteiger partial charge >= 0.3 is 5.97 Å². The molecule has 1 heterocycles. The molecule has 29 heavy (non-hydrogen) atoms. The van der Waals surface area contributed by atoms with Crippen molar-refractivity contribution in [1.29, 1.82) is 0 Å². The summed E-state index contributed by atoms with van der Waals surface area (Å²) in [6.45, 7) is 8.34. The van der Waals surface area contributed by atoms with Crippen LogP contribution in [0, 0.1) is 13.8 Å². The van der Waals surface area contributed by atoms with Gasteiger partial charge in [-0.25, -0.2) is 0 Å². The SMILES string of the molecule is CCOC(=O)Cn1c(=NC(=O)c2ccc(C)c(C)c2)sc2cccc(OCC)c21. The number of hydrogen-bond donors (Lipinski definition) is 0. The number of benzene rings is 2. The molecule has 0 atom stereocenters. The molecule has 1 amide bonds. The zero-order valence-electron chi connectivity index (χ0n) is 17.0. The highest BCUT2D eigenvalue weighted by Gasteiger charge is 2.16. The number of hydrogen-bond acceptors (Lipinski definition) is 5. The van der Waals surface area contributed by atoms with Crippen LogP contribution < -0.4 is 9.54 Å². The van der Waals surface area contributed by atoms with E-state index in [4.69, 9.17) is 9.47 Å². The molecule has 0 bridgehead atoms. The lowest BCUT2D eigenvalue weighted by Gasteiger charge is -2.09. The highest BCUT2D eigenvalue weighted by Crippen LogP contribution is 2.27. The Morgan fingerprint density at radius 2 is 1.86 bits per heavy atom. The Balaban J connectivity index is 2.15. The maximum absolute atomic E-state index is 12.8. The second-order valence-corrected chi connectivity index (χ2v) is 7.54. The fraction of sp³-hybridized carbons (Fsp3) is 0.318. The Morgan fingerprint density at radius 1 is 1.07 bits per heavy atom. The largest absolute Gasteiger partial charge is 0.492 e. The summed E-state index contributed by atoms with van der Waals surface area (Å²) >= 11 is 1.34. The van der Waals surface area contributed by atoms with Gasteiger partial charge in [-0.1, -0.05) is 23.5 Å². The monoisotopic (exact) mass is 412 g/mol. The molecule has 0 aliphatic rings. The number of carbonyl (C=O) groups excluding carboxylic acids is 2. The number of esters is 1. The van der Waals surface area contributed by atoms with Crippen LogP contribution in [0.5, 0.6) is 5.75 Å². The van der Waals surface area contributed by atoms with Crippen molar-refractivity contribution in [2.45, 2.75) is 34.2 Å². The molecule has 0 saturated heterocycles. The fourth-order valence-electron chi connectivity index (χ4n) is 2.96. The van der Waals surface area contributed by atoms with Gasteiger partial charge in [0.2, 0.25) is 0 Å². The molecule has 3 rings (SSSR count). The number of rotatable bonds is 6. The van der Waals surface area contributed by atoms with Crippen molar-refractivity contribution in [3.8, 4) is 5.75 Å². The van der Waals surface area contributed by atoms with E-state index in [1.54, 1.807) is 17.6 Å². The van der Waals surface area contributed by atoms with Gasteiger partial charge in [0.25, 0.3) is 5.91 Å². The molecule has 1 aromatic heterocycles. The Bertz CT molecular complexity index is 1130. The second-order valence-electron chi connectivity index (χ2n) is 6.53. The minimum atomic E-state index is -0.390. The zero-order valence-corrected chi connectivity index (χ0v) is 17.8. The summed E-state index contributed by atoms with van der Waals surface area (Å²) in [6.07, 6.45) is 0. The summed E-state index contributed by atoms with van der Waals surface area (Å²) in [4.78, 5) is 29.8. The van der Waals surface area contributed by atoms with Gasteiger partial charge in [-0.2, -0.15) is 4.99 Å². The minimum Gasteiger partial charge on any atom is -0.492 e. The van der Waals surface area contributed by atoms with Gasteiger partial charge in [0.15, 0.2) is 4.80 Å². The first-order chi connectivity index (χ1) is 13.9. The molecule has 0 aliphatic heterocycles. The van der Waals surface area contributed by atoms with Crippen LogP contribution in [0.2, 0.25) is 0 Å². The zero-order chi connectivity index (χ0) is 21.0. The number of aryl methyl sites for hydroxylation is 2. The molecule has 3 aromatic rings. The van der Waals surface area contributed by atoms with Crippen LogP contribution in [0.25, 0.3) is 10.2 Å². The van der Waals surface area contributed by atoms with E-state index >= 15 is 0 Å². The highest BCUT2D eigenvalue weighted by molar-refractivity contribution is 7.16. The van der Waals surface area contributed by atoms with Crippen molar-refractivity contribution in [1.82, 2.24) is 4.57 Å². The van der Waals surface area contributed by atoms with Crippen LogP contribution in [0.1, 0.15) is 35.3 Å². The van der Waals surface area contributed by atoms with E-state index in [1.165, 1.54) is 11.3 Å². The molecule has 6 nitrogen and oxygen atoms in total. The number of nitrogens with zero attached hydrogens (tertiary/aromatic N) is 2. The van der Waals surface area contributed by atoms with Crippen LogP contribution in [-0.2, 0) is 16.1 Å². The molecular weight excluding hydrogens is 388 g/mol. The smallest absolute Gasteiger partial charge is 0.326 e. The van der Waals surface area contributed by atoms with Crippen molar-refractivity contribution >= 4 is 33.4 Å². The summed E-state index contributed by atoms with van der Waals surface area (Å²) in [5.74, 6) is -0.0977. The predicted octanol–water partition coefficient (Wildman–Crippen LogP) is 4.02. The molecule has 0 unspecified atom stereocenters. The van der Waals surface area contributed by atoms with Crippen molar-refractivity contribution < 1.29 is 19.1 Å². The number of para-hydroxylation sites is 1. The maximum atomic E-state index is 12.8. The molecule has 0 aliphatic carbocycles. The lowest BCUT2D eigenvalue weighted by Crippen LogP contribution is -2.23. The average molecular weight is 413 g/mol. The quantitative estimate of drug-likeness (QED) is 0.574. The Morgan fingerprint density at radius 3 is 2.55 bits per heavy atom. The second kappa shape index (κ2) is 9.05. The van der Waals surface area contributed by atoms with Gasteiger partial charge in [-0.05, 0) is 63.1 Å². The van der Waals surface area contributed by atoms with Crippen LogP contribution in [0.15, 0.2) is 41.4 Å². The molecule has 0 N–H and O–H groups in total. The average Bonchev–Trinajstić information content (AvgIpc) is 3.02. The molecule has 0 fully saturated rings. The van der Waals surface area contributed by atoms with Crippen molar-refractivity contribution in [3.63, 3.8) is 0 Å². The maximum Gasteiger partial charge on any atom is 0.326 e. The summed E-state index contributed by atoms with van der Waals surface area (Å²) in [5.41, 5.74) is 3.39. The number of thiazole rings is 1. The van der Waals surface area contributed by atoms with Crippen LogP contribution >= 0.6 is 11.3 Å². The number of carbonyl (C=O) groups is 2. The van der Waals surface area contributed by atoms with Gasteiger partial charge in [0.05, 0.1) is 17.9 Å². The first kappa shape index (κ1) is 20.8. The van der Waals surface area contributed by atoms with Crippen molar-refractivity contribution in [2.24, 2.45) is 4.99 Å². The number of aromatic nitrogens is 1. The van der Waals surface area contributed by atoms with E-state index in [-0.39, 0.29) is 19.1 Å². The van der Waals surface area contributed by atoms with E-state index in [2.05, 4.69) is 4.99 Å². The van der Waals surface area contributed by atoms with E-state index < -0.39 is 5.97 Å². The Kier molecular flexibility index (Phi) is 6.49. The predicted molar refractivity (Wildman–Crippen MR) is 113 cm³/mol. The third-order valence-corrected chi connectivity index (χ3v) is 5.55. The molecule has 0 saturated carbocycles. The molecular formula is C22H24N2O4S. The molecule has 7 heteroatoms. The van der Waals surface area contributed by atoms with E-state index in [9.17, 15) is 9.59 Å². The lowest BCUT2D eigenvalue weighted by atomic mass is 10.1. The van der Waals surface area contributed by atoms with Gasteiger partial charge in [-0.3, -0.25) is 9.59 Å². The normalized spacial score (nSPS) is 11.7. The van der Waals surface area contributed by atoms with Crippen molar-refractivity contribution in [3.05, 3.63) is 57.9 Å². The molecule has 0 spiro atoms. The Hall–Kier alpha value is -2.93. The standard InChI is InChI=1S/C22H24N2O4S/c1-5-27-17-8-7-9-18-20(17)24(13-19(25)28-6-2)22(29-18)23-21(26)16-11-10-14(3)15(4)12-16/h7-12H,5-6,13H2,1-4H3. The summed E-state index contributed by atoms with van der Waals surface area (Å²) in [6, 6.07) is 11.1. The number of ether oxygens (including phenoxy) is 2. The van der Waals surface area contributed by atoms with E-state index in [0.717, 1.165) is 21.3 Å². The van der Waals surface area contributed by atoms with Crippen molar-refractivity contribution in [2.75, 3.05) is 13.2 Å². The van der Waals surface area contributed by atoms with Gasteiger partial charge < -0.3 is 14.0 Å². The van der Waals surface area contributed by atoms with Crippen LogP contribution in [0.3, 0.4) is 0 Å². The third-order valence-electron chi connectivity index (χ3n) is 4.51. The topological polar surface area (TPSA) is 69.9 Å². The first-order valence-electron chi connectivity index (χ1n) is 9.51. The Labute approximate surface area is 173 Å². The third kappa shape index (κ3) is 4.56. The van der Waals surface area contributed by atoms with Gasteiger partial charge in [-0.15, -0.1) is 0 Å². The number of amides is 1. The van der Waals surface area contributed by atoms with Gasteiger partial charge in [0.1, 0.15) is 17.8 Å². The number of fused-ring (bicyclic) bond motifs is 1. The molecule has 0 radical (unpaired) electrons. The minimum absolute atomic E-state index is 0.0447.